The first kappa shape index (κ1) is 8.90. The number of aliphatic imine (C=N–C) groups is 1. The first-order valence-electron chi connectivity index (χ1n) is 4.38. The molecule has 2 aliphatic rings. The lowest BCUT2D eigenvalue weighted by Crippen LogP contribution is -2.46. The van der Waals surface area contributed by atoms with Crippen LogP contribution in [0.5, 0.6) is 0 Å². The van der Waals surface area contributed by atoms with Gasteiger partial charge in [0.05, 0.1) is 6.10 Å². The van der Waals surface area contributed by atoms with Gasteiger partial charge >= 0.3 is 0 Å². The number of hydrogen-bond acceptors (Lipinski definition) is 4. The summed E-state index contributed by atoms with van der Waals surface area (Å²) in [7, 11) is 0. The molecule has 0 saturated heterocycles. The molecule has 1 heterocycles. The molecule has 0 amide bonds. The minimum absolute atomic E-state index is 0.0446. The number of halogens is 1. The normalized spacial score (nSPS) is 43.8. The SMILES string of the molecule is OC1CCC2OC(CF)=NC2C1O. The van der Waals surface area contributed by atoms with Crippen molar-refractivity contribution in [2.75, 3.05) is 6.67 Å². The van der Waals surface area contributed by atoms with Crippen molar-refractivity contribution in [3.63, 3.8) is 0 Å². The number of fused-ring (bicyclic) bond motifs is 1. The molecule has 1 aliphatic heterocycles. The van der Waals surface area contributed by atoms with Crippen LogP contribution >= 0.6 is 0 Å². The Hall–Kier alpha value is -0.680. The molecule has 2 N–H and O–H groups in total. The molecule has 5 heteroatoms. The number of aliphatic hydroxyl groups excluding tert-OH is 2. The fraction of sp³-hybridized carbons (Fsp3) is 0.875. The maximum atomic E-state index is 12.2. The molecule has 1 fully saturated rings. The Morgan fingerprint density at radius 2 is 2.23 bits per heavy atom. The largest absolute Gasteiger partial charge is 0.473 e. The third-order valence-electron chi connectivity index (χ3n) is 2.57. The molecular weight excluding hydrogens is 177 g/mol. The van der Waals surface area contributed by atoms with Gasteiger partial charge in [-0.2, -0.15) is 0 Å². The Morgan fingerprint density at radius 1 is 1.46 bits per heavy atom. The van der Waals surface area contributed by atoms with Gasteiger partial charge in [0.15, 0.2) is 6.67 Å². The van der Waals surface area contributed by atoms with Crippen molar-refractivity contribution in [2.24, 2.45) is 4.99 Å². The predicted molar refractivity (Wildman–Crippen MR) is 43.3 cm³/mol. The summed E-state index contributed by atoms with van der Waals surface area (Å²) in [6.45, 7) is -0.740. The number of rotatable bonds is 1. The highest BCUT2D eigenvalue weighted by Crippen LogP contribution is 2.29. The topological polar surface area (TPSA) is 62.0 Å². The number of alkyl halides is 1. The van der Waals surface area contributed by atoms with Gasteiger partial charge in [0.2, 0.25) is 5.90 Å². The van der Waals surface area contributed by atoms with Crippen LogP contribution in [0.2, 0.25) is 0 Å². The van der Waals surface area contributed by atoms with Gasteiger partial charge in [0.25, 0.3) is 0 Å². The first-order valence-corrected chi connectivity index (χ1v) is 4.38. The van der Waals surface area contributed by atoms with Crippen LogP contribution < -0.4 is 0 Å². The van der Waals surface area contributed by atoms with Gasteiger partial charge in [-0.15, -0.1) is 0 Å². The van der Waals surface area contributed by atoms with E-state index in [0.717, 1.165) is 0 Å². The van der Waals surface area contributed by atoms with E-state index in [4.69, 9.17) is 4.74 Å². The quantitative estimate of drug-likeness (QED) is 0.592. The van der Waals surface area contributed by atoms with Crippen molar-refractivity contribution in [3.05, 3.63) is 0 Å². The van der Waals surface area contributed by atoms with Crippen molar-refractivity contribution < 1.29 is 19.3 Å². The number of ether oxygens (including phenoxy) is 1. The number of hydrogen-bond donors (Lipinski definition) is 2. The molecule has 0 aromatic carbocycles. The van der Waals surface area contributed by atoms with E-state index < -0.39 is 24.9 Å². The molecule has 0 spiro atoms. The molecule has 0 radical (unpaired) electrons. The van der Waals surface area contributed by atoms with Gasteiger partial charge in [0.1, 0.15) is 18.2 Å². The van der Waals surface area contributed by atoms with Gasteiger partial charge in [-0.1, -0.05) is 0 Å². The van der Waals surface area contributed by atoms with E-state index in [2.05, 4.69) is 4.99 Å². The summed E-state index contributed by atoms with van der Waals surface area (Å²) in [6.07, 6.45) is -0.813. The fourth-order valence-electron chi connectivity index (χ4n) is 1.85. The van der Waals surface area contributed by atoms with E-state index in [9.17, 15) is 14.6 Å². The van der Waals surface area contributed by atoms with Crippen LogP contribution in [0.4, 0.5) is 4.39 Å². The van der Waals surface area contributed by atoms with Crippen LogP contribution in [0.1, 0.15) is 12.8 Å². The van der Waals surface area contributed by atoms with Crippen LogP contribution in [-0.2, 0) is 4.74 Å². The molecule has 74 valence electrons. The fourth-order valence-corrected chi connectivity index (χ4v) is 1.85. The summed E-state index contributed by atoms with van der Waals surface area (Å²) < 4.78 is 17.3. The zero-order valence-electron chi connectivity index (χ0n) is 7.06. The Labute approximate surface area is 75.0 Å². The average Bonchev–Trinajstić information content (AvgIpc) is 2.55. The number of aliphatic hydroxyl groups is 2. The van der Waals surface area contributed by atoms with E-state index >= 15 is 0 Å². The van der Waals surface area contributed by atoms with Crippen LogP contribution in [0.25, 0.3) is 0 Å². The van der Waals surface area contributed by atoms with Crippen LogP contribution in [0, 0.1) is 0 Å². The van der Waals surface area contributed by atoms with Crippen molar-refractivity contribution in [3.8, 4) is 0 Å². The molecule has 4 atom stereocenters. The van der Waals surface area contributed by atoms with E-state index in [-0.39, 0.29) is 12.0 Å². The standard InChI is InChI=1S/C8H12FNO3/c9-3-6-10-7-5(13-6)2-1-4(11)8(7)12/h4-5,7-8,11-12H,1-3H2. The second kappa shape index (κ2) is 3.23. The molecule has 0 aromatic heterocycles. The van der Waals surface area contributed by atoms with E-state index in [0.29, 0.717) is 12.8 Å². The van der Waals surface area contributed by atoms with Crippen molar-refractivity contribution in [1.29, 1.82) is 0 Å². The minimum atomic E-state index is -0.914. The molecular formula is C8H12FNO3. The highest BCUT2D eigenvalue weighted by atomic mass is 19.1. The average molecular weight is 189 g/mol. The highest BCUT2D eigenvalue weighted by Gasteiger charge is 2.43. The van der Waals surface area contributed by atoms with Gasteiger partial charge in [-0.05, 0) is 12.8 Å². The third kappa shape index (κ3) is 1.42. The second-order valence-corrected chi connectivity index (χ2v) is 3.44. The van der Waals surface area contributed by atoms with E-state index in [1.807, 2.05) is 0 Å². The van der Waals surface area contributed by atoms with Crippen molar-refractivity contribution >= 4 is 5.90 Å². The lowest BCUT2D eigenvalue weighted by Gasteiger charge is -2.31. The predicted octanol–water partition coefficient (Wildman–Crippen LogP) is -0.363. The summed E-state index contributed by atoms with van der Waals surface area (Å²) in [6, 6.07) is -0.477. The highest BCUT2D eigenvalue weighted by molar-refractivity contribution is 5.79. The Balaban J connectivity index is 2.11. The van der Waals surface area contributed by atoms with Crippen molar-refractivity contribution in [1.82, 2.24) is 0 Å². The Morgan fingerprint density at radius 3 is 2.92 bits per heavy atom. The molecule has 4 unspecified atom stereocenters. The van der Waals surface area contributed by atoms with E-state index in [1.54, 1.807) is 0 Å². The van der Waals surface area contributed by atoms with Gasteiger partial charge in [-0.3, -0.25) is 0 Å². The molecule has 13 heavy (non-hydrogen) atoms. The monoisotopic (exact) mass is 189 g/mol. The van der Waals surface area contributed by atoms with Crippen molar-refractivity contribution in [2.45, 2.75) is 37.2 Å². The Bertz CT molecular complexity index is 233. The maximum Gasteiger partial charge on any atom is 0.216 e. The third-order valence-corrected chi connectivity index (χ3v) is 2.57. The second-order valence-electron chi connectivity index (χ2n) is 3.44. The van der Waals surface area contributed by atoms with Gasteiger partial charge in [-0.25, -0.2) is 9.38 Å². The molecule has 2 rings (SSSR count). The summed E-state index contributed by atoms with van der Waals surface area (Å²) in [5.41, 5.74) is 0. The molecule has 1 saturated carbocycles. The van der Waals surface area contributed by atoms with Gasteiger partial charge < -0.3 is 14.9 Å². The maximum absolute atomic E-state index is 12.2. The first-order chi connectivity index (χ1) is 6.22. The van der Waals surface area contributed by atoms with E-state index in [1.165, 1.54) is 0 Å². The number of nitrogens with zero attached hydrogens (tertiary/aromatic N) is 1. The van der Waals surface area contributed by atoms with Crippen LogP contribution in [-0.4, -0.2) is 47.1 Å². The summed E-state index contributed by atoms with van der Waals surface area (Å²) in [4.78, 5) is 3.87. The molecule has 0 bridgehead atoms. The summed E-state index contributed by atoms with van der Waals surface area (Å²) in [5.74, 6) is 0.0446. The van der Waals surface area contributed by atoms with Crippen LogP contribution in [0.3, 0.4) is 0 Å². The lowest BCUT2D eigenvalue weighted by atomic mass is 9.88. The molecule has 0 aromatic rings. The minimum Gasteiger partial charge on any atom is -0.473 e. The molecule has 1 aliphatic carbocycles. The zero-order chi connectivity index (χ0) is 9.42. The lowest BCUT2D eigenvalue weighted by molar-refractivity contribution is -0.0502. The zero-order valence-corrected chi connectivity index (χ0v) is 7.06. The molecule has 4 nitrogen and oxygen atoms in total. The smallest absolute Gasteiger partial charge is 0.216 e. The summed E-state index contributed by atoms with van der Waals surface area (Å²) in [5, 5.41) is 18.8. The van der Waals surface area contributed by atoms with Crippen LogP contribution in [0.15, 0.2) is 4.99 Å². The Kier molecular flexibility index (Phi) is 2.21. The summed E-state index contributed by atoms with van der Waals surface area (Å²) >= 11 is 0. The van der Waals surface area contributed by atoms with Gasteiger partial charge in [0, 0.05) is 0 Å².